The average molecular weight is 246 g/mol. The molecule has 2 fully saturated rings. The van der Waals surface area contributed by atoms with Crippen molar-refractivity contribution < 1.29 is 14.6 Å². The maximum atomic E-state index is 11.7. The van der Waals surface area contributed by atoms with Gasteiger partial charge in [-0.2, -0.15) is 0 Å². The van der Waals surface area contributed by atoms with Gasteiger partial charge < -0.3 is 15.2 Å². The molecule has 0 aromatic carbocycles. The molecular formula is C10H18N2O3S. The first-order valence-electron chi connectivity index (χ1n) is 5.55. The van der Waals surface area contributed by atoms with Crippen LogP contribution in [0.2, 0.25) is 0 Å². The molecule has 0 saturated carbocycles. The van der Waals surface area contributed by atoms with Crippen LogP contribution in [0.25, 0.3) is 0 Å². The van der Waals surface area contributed by atoms with Gasteiger partial charge in [-0.25, -0.2) is 0 Å². The van der Waals surface area contributed by atoms with Gasteiger partial charge in [-0.15, -0.1) is 11.8 Å². The lowest BCUT2D eigenvalue weighted by Crippen LogP contribution is -2.51. The largest absolute Gasteiger partial charge is 0.385 e. The van der Waals surface area contributed by atoms with Gasteiger partial charge in [0.05, 0.1) is 12.1 Å². The molecule has 1 amide bonds. The number of hydrogen-bond acceptors (Lipinski definition) is 5. The summed E-state index contributed by atoms with van der Waals surface area (Å²) in [7, 11) is 0. The molecule has 16 heavy (non-hydrogen) atoms. The first-order valence-corrected chi connectivity index (χ1v) is 6.70. The zero-order chi connectivity index (χ0) is 11.6. The van der Waals surface area contributed by atoms with Crippen LogP contribution in [-0.4, -0.2) is 53.5 Å². The molecule has 92 valence electrons. The fraction of sp³-hybridized carbons (Fsp3) is 0.900. The van der Waals surface area contributed by atoms with Gasteiger partial charge in [-0.1, -0.05) is 0 Å². The summed E-state index contributed by atoms with van der Waals surface area (Å²) in [5, 5.41) is 16.1. The quantitative estimate of drug-likeness (QED) is 0.614. The van der Waals surface area contributed by atoms with Gasteiger partial charge in [0.15, 0.2) is 0 Å². The maximum Gasteiger partial charge on any atom is 0.238 e. The average Bonchev–Trinajstić information content (AvgIpc) is 2.87. The van der Waals surface area contributed by atoms with Crippen molar-refractivity contribution in [2.45, 2.75) is 31.1 Å². The molecule has 0 spiro atoms. The molecular weight excluding hydrogens is 228 g/mol. The Balaban J connectivity index is 1.80. The number of rotatable bonds is 3. The van der Waals surface area contributed by atoms with Crippen LogP contribution in [0.1, 0.15) is 13.3 Å². The molecule has 5 nitrogen and oxygen atoms in total. The highest BCUT2D eigenvalue weighted by atomic mass is 32.2. The Bertz CT molecular complexity index is 271. The Hall–Kier alpha value is -0.300. The van der Waals surface area contributed by atoms with E-state index in [2.05, 4.69) is 10.6 Å². The molecule has 3 unspecified atom stereocenters. The van der Waals surface area contributed by atoms with E-state index in [1.165, 1.54) is 0 Å². The summed E-state index contributed by atoms with van der Waals surface area (Å²) in [5.41, 5.74) is -0.901. The van der Waals surface area contributed by atoms with E-state index in [1.807, 2.05) is 6.92 Å². The Morgan fingerprint density at radius 3 is 3.12 bits per heavy atom. The zero-order valence-corrected chi connectivity index (χ0v) is 10.2. The monoisotopic (exact) mass is 246 g/mol. The molecule has 0 aliphatic carbocycles. The maximum absolute atomic E-state index is 11.7. The standard InChI is InChI=1S/C10H18N2O3S/c1-7-10(14,2-3-15-7)5-11-9(13)8-4-16-6-12-8/h7-8,12,14H,2-6H2,1H3,(H,11,13). The lowest BCUT2D eigenvalue weighted by molar-refractivity contribution is -0.124. The molecule has 6 heteroatoms. The Labute approximate surface area is 99.3 Å². The van der Waals surface area contributed by atoms with Crippen LogP contribution in [-0.2, 0) is 9.53 Å². The van der Waals surface area contributed by atoms with Crippen molar-refractivity contribution >= 4 is 17.7 Å². The summed E-state index contributed by atoms with van der Waals surface area (Å²) in [4.78, 5) is 11.7. The second-order valence-electron chi connectivity index (χ2n) is 4.36. The fourth-order valence-electron chi connectivity index (χ4n) is 1.93. The molecule has 3 atom stereocenters. The minimum Gasteiger partial charge on any atom is -0.385 e. The molecule has 3 N–H and O–H groups in total. The van der Waals surface area contributed by atoms with Crippen molar-refractivity contribution in [3.8, 4) is 0 Å². The number of thioether (sulfide) groups is 1. The van der Waals surface area contributed by atoms with Crippen molar-refractivity contribution in [2.24, 2.45) is 0 Å². The number of carbonyl (C=O) groups is 1. The molecule has 2 rings (SSSR count). The van der Waals surface area contributed by atoms with Crippen molar-refractivity contribution in [1.29, 1.82) is 0 Å². The highest BCUT2D eigenvalue weighted by molar-refractivity contribution is 7.99. The number of hydrogen-bond donors (Lipinski definition) is 3. The SMILES string of the molecule is CC1OCCC1(O)CNC(=O)C1CSCN1. The molecule has 2 aliphatic rings. The van der Waals surface area contributed by atoms with Gasteiger partial charge >= 0.3 is 0 Å². The van der Waals surface area contributed by atoms with Crippen molar-refractivity contribution in [1.82, 2.24) is 10.6 Å². The van der Waals surface area contributed by atoms with Crippen LogP contribution < -0.4 is 10.6 Å². The van der Waals surface area contributed by atoms with Gasteiger partial charge in [0.1, 0.15) is 5.60 Å². The fourth-order valence-corrected chi connectivity index (χ4v) is 2.87. The van der Waals surface area contributed by atoms with Crippen molar-refractivity contribution in [3.63, 3.8) is 0 Å². The molecule has 0 radical (unpaired) electrons. The number of nitrogens with one attached hydrogen (secondary N) is 2. The first-order chi connectivity index (χ1) is 7.62. The lowest BCUT2D eigenvalue weighted by Gasteiger charge is -2.26. The molecule has 2 saturated heterocycles. The second kappa shape index (κ2) is 4.91. The van der Waals surface area contributed by atoms with E-state index in [1.54, 1.807) is 11.8 Å². The van der Waals surface area contributed by atoms with E-state index in [0.717, 1.165) is 11.6 Å². The van der Waals surface area contributed by atoms with Crippen molar-refractivity contribution in [2.75, 3.05) is 24.8 Å². The van der Waals surface area contributed by atoms with E-state index in [4.69, 9.17) is 4.74 Å². The third-order valence-corrected chi connectivity index (χ3v) is 4.20. The van der Waals surface area contributed by atoms with Gasteiger partial charge in [0.2, 0.25) is 5.91 Å². The van der Waals surface area contributed by atoms with Crippen LogP contribution in [0.4, 0.5) is 0 Å². The summed E-state index contributed by atoms with van der Waals surface area (Å²) < 4.78 is 5.31. The molecule has 2 heterocycles. The van der Waals surface area contributed by atoms with Crippen LogP contribution in [0.15, 0.2) is 0 Å². The van der Waals surface area contributed by atoms with Crippen LogP contribution in [0.3, 0.4) is 0 Å². The number of carbonyl (C=O) groups excluding carboxylic acids is 1. The smallest absolute Gasteiger partial charge is 0.238 e. The van der Waals surface area contributed by atoms with E-state index in [-0.39, 0.29) is 24.6 Å². The predicted molar refractivity (Wildman–Crippen MR) is 62.2 cm³/mol. The Kier molecular flexibility index (Phi) is 3.73. The third kappa shape index (κ3) is 2.51. The van der Waals surface area contributed by atoms with Gasteiger partial charge in [0.25, 0.3) is 0 Å². The summed E-state index contributed by atoms with van der Waals surface area (Å²) in [6, 6.07) is -0.119. The number of ether oxygens (including phenoxy) is 1. The molecule has 0 aromatic heterocycles. The zero-order valence-electron chi connectivity index (χ0n) is 9.36. The highest BCUT2D eigenvalue weighted by Crippen LogP contribution is 2.24. The normalized spacial score (nSPS) is 38.9. The summed E-state index contributed by atoms with van der Waals surface area (Å²) >= 11 is 1.71. The van der Waals surface area contributed by atoms with E-state index >= 15 is 0 Å². The first kappa shape index (κ1) is 12.2. The number of amides is 1. The van der Waals surface area contributed by atoms with Gasteiger partial charge in [0, 0.05) is 31.2 Å². The molecule has 0 bridgehead atoms. The van der Waals surface area contributed by atoms with Gasteiger partial charge in [-0.05, 0) is 6.92 Å². The highest BCUT2D eigenvalue weighted by Gasteiger charge is 2.40. The summed E-state index contributed by atoms with van der Waals surface area (Å²) in [5.74, 6) is 1.59. The van der Waals surface area contributed by atoms with Crippen molar-refractivity contribution in [3.05, 3.63) is 0 Å². The van der Waals surface area contributed by atoms with Gasteiger partial charge in [-0.3, -0.25) is 10.1 Å². The summed E-state index contributed by atoms with van der Waals surface area (Å²) in [6.07, 6.45) is 0.375. The van der Waals surface area contributed by atoms with E-state index in [0.29, 0.717) is 13.0 Å². The molecule has 0 aromatic rings. The van der Waals surface area contributed by atoms with Crippen LogP contribution >= 0.6 is 11.8 Å². The van der Waals surface area contributed by atoms with E-state index in [9.17, 15) is 9.90 Å². The minimum absolute atomic E-state index is 0.0301. The van der Waals surface area contributed by atoms with Crippen LogP contribution in [0.5, 0.6) is 0 Å². The molecule has 2 aliphatic heterocycles. The summed E-state index contributed by atoms with van der Waals surface area (Å²) in [6.45, 7) is 2.67. The van der Waals surface area contributed by atoms with Crippen LogP contribution in [0, 0.1) is 0 Å². The Morgan fingerprint density at radius 1 is 1.75 bits per heavy atom. The predicted octanol–water partition coefficient (Wildman–Crippen LogP) is -0.695. The topological polar surface area (TPSA) is 70.6 Å². The lowest BCUT2D eigenvalue weighted by atomic mass is 9.96. The third-order valence-electron chi connectivity index (χ3n) is 3.26. The minimum atomic E-state index is -0.901. The van der Waals surface area contributed by atoms with E-state index < -0.39 is 5.60 Å². The Morgan fingerprint density at radius 2 is 2.56 bits per heavy atom. The number of aliphatic hydroxyl groups is 1. The second-order valence-corrected chi connectivity index (χ2v) is 5.39.